The summed E-state index contributed by atoms with van der Waals surface area (Å²) in [4.78, 5) is 26.4. The first kappa shape index (κ1) is 20.5. The number of hydrogen-bond acceptors (Lipinski definition) is 4. The quantitative estimate of drug-likeness (QED) is 0.647. The van der Waals surface area contributed by atoms with Gasteiger partial charge in [0.2, 0.25) is 0 Å². The molecule has 1 atom stereocenters. The molecule has 1 saturated carbocycles. The molecule has 5 nitrogen and oxygen atoms in total. The molecule has 0 bridgehead atoms. The van der Waals surface area contributed by atoms with E-state index in [9.17, 15) is 19.1 Å². The fraction of sp³-hybridized carbons (Fsp3) is 0.429. The molecule has 2 amide bonds. The van der Waals surface area contributed by atoms with Gasteiger partial charge in [-0.3, -0.25) is 9.59 Å². The smallest absolute Gasteiger partial charge is 0.309 e. The van der Waals surface area contributed by atoms with E-state index in [0.29, 0.717) is 6.54 Å². The second-order valence-corrected chi connectivity index (χ2v) is 8.47. The number of aliphatic hydroxyl groups excluding tert-OH is 1. The maximum atomic E-state index is 12.9. The van der Waals surface area contributed by atoms with Gasteiger partial charge in [-0.15, -0.1) is 11.3 Å². The maximum absolute atomic E-state index is 12.9. The van der Waals surface area contributed by atoms with Crippen LogP contribution in [0.15, 0.2) is 36.4 Å². The van der Waals surface area contributed by atoms with Crippen LogP contribution < -0.4 is 10.6 Å². The van der Waals surface area contributed by atoms with Gasteiger partial charge in [0, 0.05) is 28.3 Å². The first-order valence-electron chi connectivity index (χ1n) is 9.48. The van der Waals surface area contributed by atoms with Crippen LogP contribution in [-0.2, 0) is 21.5 Å². The molecule has 1 aromatic heterocycles. The first-order valence-corrected chi connectivity index (χ1v) is 10.3. The summed E-state index contributed by atoms with van der Waals surface area (Å²) in [5.41, 5.74) is 0.545. The highest BCUT2D eigenvalue weighted by Gasteiger charge is 2.37. The predicted octanol–water partition coefficient (Wildman–Crippen LogP) is 3.18. The van der Waals surface area contributed by atoms with Crippen LogP contribution in [0.1, 0.15) is 54.0 Å². The molecule has 2 aromatic rings. The van der Waals surface area contributed by atoms with Crippen LogP contribution in [0.4, 0.5) is 4.39 Å². The number of halogens is 1. The highest BCUT2D eigenvalue weighted by molar-refractivity contribution is 7.12. The van der Waals surface area contributed by atoms with Gasteiger partial charge in [-0.1, -0.05) is 25.0 Å². The molecule has 3 rings (SSSR count). The Morgan fingerprint density at radius 2 is 1.75 bits per heavy atom. The third kappa shape index (κ3) is 4.77. The molecule has 1 aliphatic carbocycles. The lowest BCUT2D eigenvalue weighted by Crippen LogP contribution is -2.45. The van der Waals surface area contributed by atoms with Gasteiger partial charge in [0.15, 0.2) is 0 Å². The molecule has 0 aliphatic heterocycles. The fourth-order valence-corrected chi connectivity index (χ4v) is 4.81. The number of carbonyl (C=O) groups is 2. The zero-order valence-corrected chi connectivity index (χ0v) is 16.7. The minimum Gasteiger partial charge on any atom is -0.388 e. The molecule has 150 valence electrons. The highest BCUT2D eigenvalue weighted by atomic mass is 32.1. The molecule has 0 spiro atoms. The monoisotopic (exact) mass is 404 g/mol. The van der Waals surface area contributed by atoms with Crippen LogP contribution in [0.3, 0.4) is 0 Å². The number of hydrogen-bond donors (Lipinski definition) is 3. The second-order valence-electron chi connectivity index (χ2n) is 7.36. The van der Waals surface area contributed by atoms with Gasteiger partial charge < -0.3 is 15.7 Å². The van der Waals surface area contributed by atoms with Crippen molar-refractivity contribution in [3.63, 3.8) is 0 Å². The molecule has 3 N–H and O–H groups in total. The predicted molar refractivity (Wildman–Crippen MR) is 106 cm³/mol. The third-order valence-corrected chi connectivity index (χ3v) is 6.78. The third-order valence-electron chi connectivity index (χ3n) is 5.28. The number of benzene rings is 1. The van der Waals surface area contributed by atoms with E-state index < -0.39 is 17.9 Å². The standard InChI is InChI=1S/C21H25FN2O3S/c1-14(25)17-8-9-18(28-17)21(10-2-3-11-21)13-24-20(27)19(26)23-12-15-4-6-16(22)7-5-15/h4-9,14,25H,2-3,10-13H2,1H3,(H,23,26)(H,24,27). The normalized spacial score (nSPS) is 16.5. The number of rotatable bonds is 6. The van der Waals surface area contributed by atoms with Crippen LogP contribution in [0, 0.1) is 5.82 Å². The highest BCUT2D eigenvalue weighted by Crippen LogP contribution is 2.44. The molecule has 0 radical (unpaired) electrons. The number of aliphatic hydroxyl groups is 1. The lowest BCUT2D eigenvalue weighted by atomic mass is 9.84. The van der Waals surface area contributed by atoms with E-state index >= 15 is 0 Å². The van der Waals surface area contributed by atoms with Crippen molar-refractivity contribution in [2.75, 3.05) is 6.54 Å². The number of thiophene rings is 1. The summed E-state index contributed by atoms with van der Waals surface area (Å²) in [6, 6.07) is 9.72. The maximum Gasteiger partial charge on any atom is 0.309 e. The van der Waals surface area contributed by atoms with E-state index in [1.807, 2.05) is 12.1 Å². The zero-order chi connectivity index (χ0) is 20.1. The van der Waals surface area contributed by atoms with Gasteiger partial charge >= 0.3 is 11.8 Å². The molecular formula is C21H25FN2O3S. The Kier molecular flexibility index (Phi) is 6.46. The van der Waals surface area contributed by atoms with Crippen molar-refractivity contribution in [3.8, 4) is 0 Å². The summed E-state index contributed by atoms with van der Waals surface area (Å²) in [6.45, 7) is 2.31. The van der Waals surface area contributed by atoms with Crippen LogP contribution in [0.25, 0.3) is 0 Å². The van der Waals surface area contributed by atoms with Gasteiger partial charge in [-0.2, -0.15) is 0 Å². The zero-order valence-electron chi connectivity index (χ0n) is 15.8. The average Bonchev–Trinajstić information content (AvgIpc) is 3.35. The Labute approximate surface area is 168 Å². The molecule has 1 aromatic carbocycles. The fourth-order valence-electron chi connectivity index (χ4n) is 3.62. The van der Waals surface area contributed by atoms with Crippen molar-refractivity contribution in [1.29, 1.82) is 0 Å². The SMILES string of the molecule is CC(O)c1ccc(C2(CNC(=O)C(=O)NCc3ccc(F)cc3)CCCC2)s1. The van der Waals surface area contributed by atoms with Crippen molar-refractivity contribution >= 4 is 23.2 Å². The molecule has 1 aliphatic rings. The van der Waals surface area contributed by atoms with Crippen LogP contribution in [0.5, 0.6) is 0 Å². The van der Waals surface area contributed by atoms with Gasteiger partial charge in [-0.05, 0) is 49.6 Å². The van der Waals surface area contributed by atoms with E-state index in [0.717, 1.165) is 41.0 Å². The summed E-state index contributed by atoms with van der Waals surface area (Å²) < 4.78 is 12.9. The van der Waals surface area contributed by atoms with Crippen molar-refractivity contribution < 1.29 is 19.1 Å². The van der Waals surface area contributed by atoms with Gasteiger partial charge in [0.25, 0.3) is 0 Å². The molecule has 0 saturated heterocycles. The van der Waals surface area contributed by atoms with Crippen molar-refractivity contribution in [3.05, 3.63) is 57.5 Å². The first-order chi connectivity index (χ1) is 13.4. The Morgan fingerprint density at radius 1 is 1.11 bits per heavy atom. The summed E-state index contributed by atoms with van der Waals surface area (Å²) >= 11 is 1.57. The van der Waals surface area contributed by atoms with Gasteiger partial charge in [0.1, 0.15) is 5.82 Å². The number of amides is 2. The summed E-state index contributed by atoms with van der Waals surface area (Å²) in [5, 5.41) is 15.1. The van der Waals surface area contributed by atoms with Gasteiger partial charge in [0.05, 0.1) is 6.10 Å². The minimum atomic E-state index is -0.701. The lowest BCUT2D eigenvalue weighted by molar-refractivity contribution is -0.139. The summed E-state index contributed by atoms with van der Waals surface area (Å²) in [7, 11) is 0. The van der Waals surface area contributed by atoms with Crippen molar-refractivity contribution in [1.82, 2.24) is 10.6 Å². The Bertz CT molecular complexity index is 826. The largest absolute Gasteiger partial charge is 0.388 e. The van der Waals surface area contributed by atoms with Crippen LogP contribution in [0.2, 0.25) is 0 Å². The number of carbonyl (C=O) groups excluding carboxylic acids is 2. The number of nitrogens with one attached hydrogen (secondary N) is 2. The molecule has 28 heavy (non-hydrogen) atoms. The molecule has 1 fully saturated rings. The molecule has 1 heterocycles. The second kappa shape index (κ2) is 8.84. The molecule has 1 unspecified atom stereocenters. The minimum absolute atomic E-state index is 0.167. The topological polar surface area (TPSA) is 78.4 Å². The Morgan fingerprint density at radius 3 is 2.36 bits per heavy atom. The Hall–Kier alpha value is -2.25. The molecular weight excluding hydrogens is 379 g/mol. The van der Waals surface area contributed by atoms with E-state index in [1.165, 1.54) is 12.1 Å². The van der Waals surface area contributed by atoms with Crippen LogP contribution in [-0.4, -0.2) is 23.5 Å². The average molecular weight is 405 g/mol. The Balaban J connectivity index is 1.57. The van der Waals surface area contributed by atoms with Crippen molar-refractivity contribution in [2.45, 2.75) is 50.7 Å². The van der Waals surface area contributed by atoms with Crippen molar-refractivity contribution in [2.24, 2.45) is 0 Å². The molecule has 7 heteroatoms. The van der Waals surface area contributed by atoms with Gasteiger partial charge in [-0.25, -0.2) is 4.39 Å². The van der Waals surface area contributed by atoms with E-state index in [-0.39, 0.29) is 17.8 Å². The summed E-state index contributed by atoms with van der Waals surface area (Å²) in [6.07, 6.45) is 3.54. The van der Waals surface area contributed by atoms with E-state index in [2.05, 4.69) is 10.6 Å². The van der Waals surface area contributed by atoms with E-state index in [4.69, 9.17) is 0 Å². The van der Waals surface area contributed by atoms with Crippen LogP contribution >= 0.6 is 11.3 Å². The lowest BCUT2D eigenvalue weighted by Gasteiger charge is -2.28. The summed E-state index contributed by atoms with van der Waals surface area (Å²) in [5.74, 6) is -1.71. The van der Waals surface area contributed by atoms with E-state index in [1.54, 1.807) is 30.4 Å².